The summed E-state index contributed by atoms with van der Waals surface area (Å²) in [6.07, 6.45) is 6.27. The normalized spacial score (nSPS) is 13.8. The van der Waals surface area contributed by atoms with Crippen molar-refractivity contribution in [1.29, 1.82) is 0 Å². The Morgan fingerprint density at radius 2 is 2.17 bits per heavy atom. The first-order valence-electron chi connectivity index (χ1n) is 8.74. The molecule has 1 aliphatic rings. The van der Waals surface area contributed by atoms with Crippen molar-refractivity contribution < 1.29 is 4.79 Å². The smallest absolute Gasteiger partial charge is 0.317 e. The maximum atomic E-state index is 12.3. The Labute approximate surface area is 143 Å². The predicted octanol–water partition coefficient (Wildman–Crippen LogP) is 3.18. The highest BCUT2D eigenvalue weighted by atomic mass is 16.2. The molecule has 1 aliphatic carbocycles. The Kier molecular flexibility index (Phi) is 5.18. The quantitative estimate of drug-likeness (QED) is 0.849. The molecule has 1 heterocycles. The van der Waals surface area contributed by atoms with Gasteiger partial charge in [0.15, 0.2) is 0 Å². The first-order chi connectivity index (χ1) is 11.7. The van der Waals surface area contributed by atoms with E-state index in [0.29, 0.717) is 19.0 Å². The van der Waals surface area contributed by atoms with Crippen molar-refractivity contribution in [2.75, 3.05) is 13.1 Å². The third-order valence-corrected chi connectivity index (χ3v) is 4.53. The van der Waals surface area contributed by atoms with Crippen LogP contribution in [0.4, 0.5) is 4.79 Å². The number of carbonyl (C=O) groups is 1. The van der Waals surface area contributed by atoms with E-state index in [0.717, 1.165) is 18.9 Å². The number of urea groups is 1. The largest absolute Gasteiger partial charge is 0.338 e. The third-order valence-electron chi connectivity index (χ3n) is 4.53. The zero-order valence-electron chi connectivity index (χ0n) is 14.5. The molecule has 0 saturated heterocycles. The van der Waals surface area contributed by atoms with E-state index >= 15 is 0 Å². The Morgan fingerprint density at radius 1 is 1.38 bits per heavy atom. The van der Waals surface area contributed by atoms with Crippen molar-refractivity contribution in [3.63, 3.8) is 0 Å². The molecule has 1 saturated carbocycles. The standard InChI is InChI=1S/C19H26N4O/c1-3-20-19(24)23(12-16-8-9-16)14-18-21-10-11-22(18)13-17-7-5-4-6-15(17)2/h4-7,10-11,16H,3,8-9,12-14H2,1-2H3,(H,20,24). The summed E-state index contributed by atoms with van der Waals surface area (Å²) < 4.78 is 2.14. The minimum atomic E-state index is 0.00911. The molecule has 0 bridgehead atoms. The summed E-state index contributed by atoms with van der Waals surface area (Å²) in [7, 11) is 0. The van der Waals surface area contributed by atoms with Crippen LogP contribution >= 0.6 is 0 Å². The fourth-order valence-corrected chi connectivity index (χ4v) is 2.87. The van der Waals surface area contributed by atoms with Crippen molar-refractivity contribution in [1.82, 2.24) is 19.8 Å². The molecule has 2 amide bonds. The lowest BCUT2D eigenvalue weighted by molar-refractivity contribution is 0.191. The van der Waals surface area contributed by atoms with Gasteiger partial charge >= 0.3 is 6.03 Å². The van der Waals surface area contributed by atoms with Gasteiger partial charge in [0, 0.05) is 32.0 Å². The van der Waals surface area contributed by atoms with Crippen molar-refractivity contribution in [3.8, 4) is 0 Å². The van der Waals surface area contributed by atoms with Gasteiger partial charge in [-0.05, 0) is 43.7 Å². The van der Waals surface area contributed by atoms with Gasteiger partial charge in [0.1, 0.15) is 5.82 Å². The SMILES string of the molecule is CCNC(=O)N(Cc1nccn1Cc1ccccc1C)CC1CC1. The van der Waals surface area contributed by atoms with E-state index in [1.807, 2.05) is 24.2 Å². The van der Waals surface area contributed by atoms with Crippen LogP contribution < -0.4 is 5.32 Å². The second kappa shape index (κ2) is 7.51. The molecule has 0 aliphatic heterocycles. The van der Waals surface area contributed by atoms with Gasteiger partial charge in [-0.2, -0.15) is 0 Å². The first-order valence-corrected chi connectivity index (χ1v) is 8.74. The number of carbonyl (C=O) groups excluding carboxylic acids is 1. The summed E-state index contributed by atoms with van der Waals surface area (Å²) in [5.74, 6) is 1.59. The molecule has 1 N–H and O–H groups in total. The van der Waals surface area contributed by atoms with Crippen LogP contribution in [0.3, 0.4) is 0 Å². The summed E-state index contributed by atoms with van der Waals surface area (Å²) in [5.41, 5.74) is 2.55. The van der Waals surface area contributed by atoms with Crippen LogP contribution in [-0.2, 0) is 13.1 Å². The van der Waals surface area contributed by atoms with Crippen LogP contribution in [0.5, 0.6) is 0 Å². The van der Waals surface area contributed by atoms with E-state index in [-0.39, 0.29) is 6.03 Å². The minimum Gasteiger partial charge on any atom is -0.338 e. The average Bonchev–Trinajstić information content (AvgIpc) is 3.28. The number of hydrogen-bond donors (Lipinski definition) is 1. The zero-order chi connectivity index (χ0) is 16.9. The molecule has 0 radical (unpaired) electrons. The topological polar surface area (TPSA) is 50.2 Å². The molecule has 0 atom stereocenters. The van der Waals surface area contributed by atoms with Crippen molar-refractivity contribution in [3.05, 3.63) is 53.6 Å². The highest BCUT2D eigenvalue weighted by Gasteiger charge is 2.27. The number of aryl methyl sites for hydroxylation is 1. The van der Waals surface area contributed by atoms with Crippen LogP contribution in [0, 0.1) is 12.8 Å². The molecule has 2 aromatic rings. The molecular weight excluding hydrogens is 300 g/mol. The van der Waals surface area contributed by atoms with Crippen LogP contribution in [-0.4, -0.2) is 33.6 Å². The molecular formula is C19H26N4O. The number of nitrogens with one attached hydrogen (secondary N) is 1. The summed E-state index contributed by atoms with van der Waals surface area (Å²) >= 11 is 0. The summed E-state index contributed by atoms with van der Waals surface area (Å²) in [6.45, 7) is 6.89. The van der Waals surface area contributed by atoms with Gasteiger partial charge in [0.2, 0.25) is 0 Å². The summed E-state index contributed by atoms with van der Waals surface area (Å²) in [6, 6.07) is 8.40. The lowest BCUT2D eigenvalue weighted by Crippen LogP contribution is -2.41. The zero-order valence-corrected chi connectivity index (χ0v) is 14.5. The van der Waals surface area contributed by atoms with E-state index in [4.69, 9.17) is 0 Å². The second-order valence-electron chi connectivity index (χ2n) is 6.56. The Morgan fingerprint density at radius 3 is 2.88 bits per heavy atom. The fraction of sp³-hybridized carbons (Fsp3) is 0.474. The molecule has 24 heavy (non-hydrogen) atoms. The third kappa shape index (κ3) is 4.16. The Bertz CT molecular complexity index is 690. The molecule has 1 fully saturated rings. The van der Waals surface area contributed by atoms with E-state index in [1.165, 1.54) is 24.0 Å². The van der Waals surface area contributed by atoms with Crippen molar-refractivity contribution in [2.24, 2.45) is 5.92 Å². The number of rotatable bonds is 7. The highest BCUT2D eigenvalue weighted by Crippen LogP contribution is 2.30. The van der Waals surface area contributed by atoms with E-state index in [9.17, 15) is 4.79 Å². The van der Waals surface area contributed by atoms with Crippen LogP contribution in [0.25, 0.3) is 0 Å². The number of nitrogens with zero attached hydrogens (tertiary/aromatic N) is 3. The second-order valence-corrected chi connectivity index (χ2v) is 6.56. The average molecular weight is 326 g/mol. The van der Waals surface area contributed by atoms with Crippen molar-refractivity contribution >= 4 is 6.03 Å². The molecule has 3 rings (SSSR count). The van der Waals surface area contributed by atoms with Gasteiger partial charge in [0.25, 0.3) is 0 Å². The highest BCUT2D eigenvalue weighted by molar-refractivity contribution is 5.74. The number of hydrogen-bond acceptors (Lipinski definition) is 2. The molecule has 0 spiro atoms. The lowest BCUT2D eigenvalue weighted by atomic mass is 10.1. The van der Waals surface area contributed by atoms with Gasteiger partial charge in [0.05, 0.1) is 6.54 Å². The number of aromatic nitrogens is 2. The van der Waals surface area contributed by atoms with Gasteiger partial charge in [-0.15, -0.1) is 0 Å². The number of benzene rings is 1. The molecule has 5 nitrogen and oxygen atoms in total. The maximum Gasteiger partial charge on any atom is 0.317 e. The molecule has 1 aromatic heterocycles. The number of amides is 2. The number of imidazole rings is 1. The Hall–Kier alpha value is -2.30. The van der Waals surface area contributed by atoms with E-state index in [2.05, 4.69) is 46.1 Å². The summed E-state index contributed by atoms with van der Waals surface area (Å²) in [4.78, 5) is 18.7. The minimum absolute atomic E-state index is 0.00911. The molecule has 0 unspecified atom stereocenters. The van der Waals surface area contributed by atoms with Crippen LogP contribution in [0.1, 0.15) is 36.7 Å². The lowest BCUT2D eigenvalue weighted by Gasteiger charge is -2.23. The first kappa shape index (κ1) is 16.6. The van der Waals surface area contributed by atoms with Gasteiger partial charge in [-0.3, -0.25) is 0 Å². The van der Waals surface area contributed by atoms with E-state index in [1.54, 1.807) is 0 Å². The fourth-order valence-electron chi connectivity index (χ4n) is 2.87. The summed E-state index contributed by atoms with van der Waals surface area (Å²) in [5, 5.41) is 2.92. The van der Waals surface area contributed by atoms with Crippen LogP contribution in [0.2, 0.25) is 0 Å². The van der Waals surface area contributed by atoms with Gasteiger partial charge < -0.3 is 14.8 Å². The molecule has 5 heteroatoms. The molecule has 128 valence electrons. The Balaban J connectivity index is 1.73. The maximum absolute atomic E-state index is 12.3. The predicted molar refractivity (Wildman–Crippen MR) is 94.7 cm³/mol. The molecule has 1 aromatic carbocycles. The van der Waals surface area contributed by atoms with Gasteiger partial charge in [-0.1, -0.05) is 24.3 Å². The van der Waals surface area contributed by atoms with Crippen LogP contribution in [0.15, 0.2) is 36.7 Å². The van der Waals surface area contributed by atoms with E-state index < -0.39 is 0 Å². The van der Waals surface area contributed by atoms with Gasteiger partial charge in [-0.25, -0.2) is 9.78 Å². The monoisotopic (exact) mass is 326 g/mol. The van der Waals surface area contributed by atoms with Crippen molar-refractivity contribution in [2.45, 2.75) is 39.8 Å².